The van der Waals surface area contributed by atoms with Crippen molar-refractivity contribution in [2.24, 2.45) is 0 Å². The number of hydrogen-bond acceptors (Lipinski definition) is 2. The number of aldehydes is 1. The highest BCUT2D eigenvalue weighted by Crippen LogP contribution is 2.26. The highest BCUT2D eigenvalue weighted by atomic mass is 127. The van der Waals surface area contributed by atoms with Gasteiger partial charge in [0.15, 0.2) is 6.29 Å². The Morgan fingerprint density at radius 2 is 2.25 bits per heavy atom. The molecule has 1 heterocycles. The Balaban J connectivity index is 2.83. The maximum absolute atomic E-state index is 10.6. The van der Waals surface area contributed by atoms with Gasteiger partial charge in [-0.2, -0.15) is 0 Å². The maximum atomic E-state index is 10.6. The van der Waals surface area contributed by atoms with E-state index in [-0.39, 0.29) is 0 Å². The van der Waals surface area contributed by atoms with Gasteiger partial charge in [0.1, 0.15) is 0 Å². The number of fused-ring (bicyclic) bond motifs is 1. The Bertz CT molecular complexity index is 433. The molecule has 0 aliphatic carbocycles. The van der Waals surface area contributed by atoms with Crippen LogP contribution >= 0.6 is 33.9 Å². The number of halogens is 1. The molecule has 0 fully saturated rings. The van der Waals surface area contributed by atoms with Crippen LogP contribution in [0.2, 0.25) is 0 Å². The van der Waals surface area contributed by atoms with Gasteiger partial charge in [-0.1, -0.05) is 0 Å². The van der Waals surface area contributed by atoms with Gasteiger partial charge in [0, 0.05) is 24.6 Å². The van der Waals surface area contributed by atoms with E-state index < -0.39 is 0 Å². The lowest BCUT2D eigenvalue weighted by atomic mass is 10.2. The summed E-state index contributed by atoms with van der Waals surface area (Å²) in [5, 5.41) is 2.97. The summed E-state index contributed by atoms with van der Waals surface area (Å²) in [6.07, 6.45) is 0.912. The van der Waals surface area contributed by atoms with E-state index in [1.54, 1.807) is 11.3 Å². The largest absolute Gasteiger partial charge is 0.298 e. The lowest BCUT2D eigenvalue weighted by Crippen LogP contribution is -1.75. The number of hydrogen-bond donors (Lipinski definition) is 0. The van der Waals surface area contributed by atoms with Crippen LogP contribution in [0, 0.1) is 3.57 Å². The first-order valence-electron chi connectivity index (χ1n) is 3.43. The molecule has 0 atom stereocenters. The normalized spacial score (nSPS) is 10.4. The van der Waals surface area contributed by atoms with Gasteiger partial charge < -0.3 is 0 Å². The fourth-order valence-corrected chi connectivity index (χ4v) is 2.49. The Morgan fingerprint density at radius 3 is 3.00 bits per heavy atom. The zero-order valence-corrected chi connectivity index (χ0v) is 9.06. The van der Waals surface area contributed by atoms with Crippen LogP contribution in [-0.4, -0.2) is 6.29 Å². The molecule has 0 radical (unpaired) electrons. The molecule has 1 aromatic heterocycles. The van der Waals surface area contributed by atoms with Gasteiger partial charge in [0.05, 0.1) is 0 Å². The summed E-state index contributed by atoms with van der Waals surface area (Å²) < 4.78 is 2.35. The first-order valence-corrected chi connectivity index (χ1v) is 5.39. The third-order valence-corrected chi connectivity index (χ3v) is 3.35. The summed E-state index contributed by atoms with van der Waals surface area (Å²) in [4.78, 5) is 10.6. The average Bonchev–Trinajstić information content (AvgIpc) is 2.46. The average molecular weight is 288 g/mol. The van der Waals surface area contributed by atoms with Crippen molar-refractivity contribution in [3.8, 4) is 0 Å². The SMILES string of the molecule is O=Cc1csc2ccc(I)cc12. The molecule has 0 unspecified atom stereocenters. The second-order valence-corrected chi connectivity index (χ2v) is 4.61. The molecule has 3 heteroatoms. The molecule has 1 aromatic carbocycles. The highest BCUT2D eigenvalue weighted by Gasteiger charge is 2.02. The molecule has 0 saturated heterocycles. The first-order chi connectivity index (χ1) is 5.81. The molecule has 0 spiro atoms. The van der Waals surface area contributed by atoms with Crippen molar-refractivity contribution in [1.82, 2.24) is 0 Å². The van der Waals surface area contributed by atoms with Gasteiger partial charge in [-0.25, -0.2) is 0 Å². The fourth-order valence-electron chi connectivity index (χ4n) is 1.11. The molecule has 0 saturated carbocycles. The van der Waals surface area contributed by atoms with Gasteiger partial charge >= 0.3 is 0 Å². The zero-order valence-electron chi connectivity index (χ0n) is 6.08. The Hall–Kier alpha value is -0.420. The van der Waals surface area contributed by atoms with E-state index in [4.69, 9.17) is 0 Å². The van der Waals surface area contributed by atoms with E-state index in [1.807, 2.05) is 17.5 Å². The maximum Gasteiger partial charge on any atom is 0.151 e. The van der Waals surface area contributed by atoms with Gasteiger partial charge in [0.2, 0.25) is 0 Å². The quantitative estimate of drug-likeness (QED) is 0.581. The van der Waals surface area contributed by atoms with Crippen LogP contribution in [0.5, 0.6) is 0 Å². The fraction of sp³-hybridized carbons (Fsp3) is 0. The highest BCUT2D eigenvalue weighted by molar-refractivity contribution is 14.1. The molecular formula is C9H5IOS. The van der Waals surface area contributed by atoms with Crippen LogP contribution in [0.4, 0.5) is 0 Å². The van der Waals surface area contributed by atoms with Crippen LogP contribution in [0.1, 0.15) is 10.4 Å². The van der Waals surface area contributed by atoms with E-state index in [9.17, 15) is 4.79 Å². The summed E-state index contributed by atoms with van der Waals surface area (Å²) in [5.74, 6) is 0. The standard InChI is InChI=1S/C9H5IOS/c10-7-1-2-9-8(3-7)6(4-11)5-12-9/h1-5H. The lowest BCUT2D eigenvalue weighted by molar-refractivity contribution is 0.112. The number of thiophene rings is 1. The number of benzene rings is 1. The molecule has 12 heavy (non-hydrogen) atoms. The Morgan fingerprint density at radius 1 is 1.42 bits per heavy atom. The molecule has 0 aliphatic heterocycles. The van der Waals surface area contributed by atoms with E-state index in [0.717, 1.165) is 17.2 Å². The molecular weight excluding hydrogens is 283 g/mol. The number of carbonyl (C=O) groups excluding carboxylic acids is 1. The van der Waals surface area contributed by atoms with Crippen molar-refractivity contribution < 1.29 is 4.79 Å². The molecule has 2 rings (SSSR count). The van der Waals surface area contributed by atoms with Crippen LogP contribution < -0.4 is 0 Å². The predicted octanol–water partition coefficient (Wildman–Crippen LogP) is 3.32. The number of rotatable bonds is 1. The molecule has 1 nitrogen and oxygen atoms in total. The second kappa shape index (κ2) is 3.14. The summed E-state index contributed by atoms with van der Waals surface area (Å²) >= 11 is 3.86. The summed E-state index contributed by atoms with van der Waals surface area (Å²) in [6.45, 7) is 0. The van der Waals surface area contributed by atoms with Crippen LogP contribution in [0.25, 0.3) is 10.1 Å². The zero-order chi connectivity index (χ0) is 8.55. The molecule has 0 amide bonds. The minimum atomic E-state index is 0.800. The molecule has 60 valence electrons. The monoisotopic (exact) mass is 288 g/mol. The van der Waals surface area contributed by atoms with Crippen molar-refractivity contribution >= 4 is 50.3 Å². The van der Waals surface area contributed by atoms with Crippen molar-refractivity contribution in [1.29, 1.82) is 0 Å². The predicted molar refractivity (Wildman–Crippen MR) is 59.9 cm³/mol. The Kier molecular flexibility index (Phi) is 2.14. The van der Waals surface area contributed by atoms with Gasteiger partial charge in [-0.15, -0.1) is 11.3 Å². The third kappa shape index (κ3) is 1.27. The third-order valence-electron chi connectivity index (χ3n) is 1.69. The van der Waals surface area contributed by atoms with Gasteiger partial charge in [-0.3, -0.25) is 4.79 Å². The van der Waals surface area contributed by atoms with Gasteiger partial charge in [-0.05, 0) is 40.8 Å². The van der Waals surface area contributed by atoms with E-state index in [1.165, 1.54) is 8.27 Å². The summed E-state index contributed by atoms with van der Waals surface area (Å²) in [6, 6.07) is 6.14. The van der Waals surface area contributed by atoms with Crippen LogP contribution in [-0.2, 0) is 0 Å². The smallest absolute Gasteiger partial charge is 0.151 e. The van der Waals surface area contributed by atoms with E-state index >= 15 is 0 Å². The van der Waals surface area contributed by atoms with Gasteiger partial charge in [0.25, 0.3) is 0 Å². The summed E-state index contributed by atoms with van der Waals surface area (Å²) in [5.41, 5.74) is 0.800. The van der Waals surface area contributed by atoms with Crippen LogP contribution in [0.3, 0.4) is 0 Å². The van der Waals surface area contributed by atoms with Crippen molar-refractivity contribution in [2.75, 3.05) is 0 Å². The summed E-state index contributed by atoms with van der Waals surface area (Å²) in [7, 11) is 0. The minimum Gasteiger partial charge on any atom is -0.298 e. The van der Waals surface area contributed by atoms with E-state index in [0.29, 0.717) is 0 Å². The first kappa shape index (κ1) is 8.19. The van der Waals surface area contributed by atoms with Crippen molar-refractivity contribution in [2.45, 2.75) is 0 Å². The molecule has 0 aliphatic rings. The van der Waals surface area contributed by atoms with Crippen LogP contribution in [0.15, 0.2) is 23.6 Å². The Labute approximate surface area is 87.5 Å². The van der Waals surface area contributed by atoms with Crippen molar-refractivity contribution in [3.05, 3.63) is 32.7 Å². The van der Waals surface area contributed by atoms with E-state index in [2.05, 4.69) is 28.7 Å². The number of carbonyl (C=O) groups is 1. The lowest BCUT2D eigenvalue weighted by Gasteiger charge is -1.91. The molecule has 0 N–H and O–H groups in total. The minimum absolute atomic E-state index is 0.800. The van der Waals surface area contributed by atoms with Crippen molar-refractivity contribution in [3.63, 3.8) is 0 Å². The second-order valence-electron chi connectivity index (χ2n) is 2.45. The molecule has 0 bridgehead atoms. The molecule has 2 aromatic rings. The topological polar surface area (TPSA) is 17.1 Å².